The first kappa shape index (κ1) is 24.6. The Morgan fingerprint density at radius 3 is 2.74 bits per heavy atom. The highest BCUT2D eigenvalue weighted by molar-refractivity contribution is 7.97. The van der Waals surface area contributed by atoms with Gasteiger partial charge in [-0.25, -0.2) is 0 Å². The number of hydrogen-bond donors (Lipinski definition) is 2. The molecule has 0 saturated heterocycles. The summed E-state index contributed by atoms with van der Waals surface area (Å²) in [6, 6.07) is 7.01. The number of halogens is 1. The third-order valence-electron chi connectivity index (χ3n) is 5.41. The fraction of sp³-hybridized carbons (Fsp3) is 0.200. The monoisotopic (exact) mass is 510 g/mol. The van der Waals surface area contributed by atoms with Gasteiger partial charge in [-0.05, 0) is 56.7 Å². The smallest absolute Gasteiger partial charge is 0.301 e. The number of allylic oxidation sites excluding steroid dienone is 2. The van der Waals surface area contributed by atoms with E-state index in [2.05, 4.69) is 20.2 Å². The summed E-state index contributed by atoms with van der Waals surface area (Å²) in [4.78, 5) is 35.3. The molecule has 1 aliphatic rings. The van der Waals surface area contributed by atoms with Gasteiger partial charge >= 0.3 is 5.91 Å². The van der Waals surface area contributed by atoms with Gasteiger partial charge in [-0.2, -0.15) is 0 Å². The van der Waals surface area contributed by atoms with Crippen molar-refractivity contribution >= 4 is 45.6 Å². The zero-order valence-corrected chi connectivity index (χ0v) is 21.1. The molecule has 8 nitrogen and oxygen atoms in total. The second-order valence-corrected chi connectivity index (χ2v) is 8.94. The molecule has 2 N–H and O–H groups in total. The largest absolute Gasteiger partial charge is 0.455 e. The number of rotatable bonds is 6. The summed E-state index contributed by atoms with van der Waals surface area (Å²) in [5.41, 5.74) is 3.57. The minimum Gasteiger partial charge on any atom is -0.455 e. The van der Waals surface area contributed by atoms with E-state index in [4.69, 9.17) is 20.9 Å². The molecule has 1 aliphatic heterocycles. The van der Waals surface area contributed by atoms with Gasteiger partial charge in [0.1, 0.15) is 11.3 Å². The predicted molar refractivity (Wildman–Crippen MR) is 139 cm³/mol. The van der Waals surface area contributed by atoms with Crippen LogP contribution in [0.1, 0.15) is 29.7 Å². The lowest BCUT2D eigenvalue weighted by atomic mass is 9.99. The van der Waals surface area contributed by atoms with E-state index >= 15 is 0 Å². The van der Waals surface area contributed by atoms with Gasteiger partial charge in [0.05, 0.1) is 17.1 Å². The number of benzene rings is 1. The van der Waals surface area contributed by atoms with Crippen molar-refractivity contribution < 1.29 is 14.0 Å². The van der Waals surface area contributed by atoms with Crippen LogP contribution in [0.2, 0.25) is 0 Å². The first-order valence-corrected chi connectivity index (χ1v) is 12.3. The molecule has 0 radical (unpaired) electrons. The van der Waals surface area contributed by atoms with Crippen molar-refractivity contribution in [3.8, 4) is 11.3 Å². The number of hydrogen-bond acceptors (Lipinski definition) is 8. The normalized spacial score (nSPS) is 14.3. The summed E-state index contributed by atoms with van der Waals surface area (Å²) in [5, 5.41) is 7.59. The number of fused-ring (bicyclic) bond motifs is 1. The van der Waals surface area contributed by atoms with Crippen LogP contribution >= 0.6 is 23.5 Å². The molecule has 1 unspecified atom stereocenters. The van der Waals surface area contributed by atoms with Crippen LogP contribution in [0.4, 0.5) is 0 Å². The van der Waals surface area contributed by atoms with Gasteiger partial charge in [0, 0.05) is 35.3 Å². The summed E-state index contributed by atoms with van der Waals surface area (Å²) in [6.07, 6.45) is 8.18. The van der Waals surface area contributed by atoms with Gasteiger partial charge in [0.15, 0.2) is 10.6 Å². The van der Waals surface area contributed by atoms with Crippen molar-refractivity contribution in [1.82, 2.24) is 15.0 Å². The quantitative estimate of drug-likeness (QED) is 0.456. The number of carbonyl (C=O) groups excluding carboxylic acids is 1. The molecule has 2 aromatic heterocycles. The number of carbonyl (C=O) groups is 1. The Kier molecular flexibility index (Phi) is 7.28. The molecule has 4 rings (SSSR count). The van der Waals surface area contributed by atoms with Crippen molar-refractivity contribution in [3.05, 3.63) is 87.2 Å². The summed E-state index contributed by atoms with van der Waals surface area (Å²) in [7, 11) is 0. The summed E-state index contributed by atoms with van der Waals surface area (Å²) in [6.45, 7) is 5.56. The Morgan fingerprint density at radius 2 is 2.03 bits per heavy atom. The van der Waals surface area contributed by atoms with Gasteiger partial charge in [0.25, 0.3) is 0 Å². The zero-order chi connectivity index (χ0) is 25.1. The zero-order valence-electron chi connectivity index (χ0n) is 19.5. The van der Waals surface area contributed by atoms with Gasteiger partial charge in [-0.15, -0.1) is 0 Å². The van der Waals surface area contributed by atoms with Crippen molar-refractivity contribution in [2.75, 3.05) is 6.26 Å². The van der Waals surface area contributed by atoms with Gasteiger partial charge in [0.2, 0.25) is 5.76 Å². The van der Waals surface area contributed by atoms with E-state index in [1.807, 2.05) is 32.0 Å². The fourth-order valence-corrected chi connectivity index (χ4v) is 4.16. The Morgan fingerprint density at radius 1 is 1.23 bits per heavy atom. The second kappa shape index (κ2) is 10.4. The van der Waals surface area contributed by atoms with Crippen molar-refractivity contribution in [2.24, 2.45) is 5.16 Å². The lowest BCUT2D eigenvalue weighted by Gasteiger charge is -2.20. The molecule has 1 atom stereocenters. The minimum atomic E-state index is -0.470. The molecule has 1 amide bonds. The van der Waals surface area contributed by atoms with Crippen molar-refractivity contribution in [3.63, 3.8) is 0 Å². The molecule has 0 fully saturated rings. The van der Waals surface area contributed by atoms with E-state index in [1.54, 1.807) is 37.7 Å². The van der Waals surface area contributed by atoms with Crippen molar-refractivity contribution in [2.45, 2.75) is 26.8 Å². The average Bonchev–Trinajstić information content (AvgIpc) is 3.03. The van der Waals surface area contributed by atoms with Gasteiger partial charge in [-0.3, -0.25) is 19.3 Å². The number of nitrogens with zero attached hydrogens (tertiary/aromatic N) is 2. The van der Waals surface area contributed by atoms with E-state index in [0.717, 1.165) is 23.1 Å². The van der Waals surface area contributed by atoms with E-state index < -0.39 is 5.91 Å². The van der Waals surface area contributed by atoms with Crippen LogP contribution in [0, 0.1) is 13.8 Å². The molecule has 0 aliphatic carbocycles. The third kappa shape index (κ3) is 5.11. The maximum atomic E-state index is 13.3. The summed E-state index contributed by atoms with van der Waals surface area (Å²) < 4.78 is 8.96. The Bertz CT molecular complexity index is 1450. The lowest BCUT2D eigenvalue weighted by Crippen LogP contribution is -2.26. The molecule has 10 heteroatoms. The SMILES string of the molecule is CSNC(=O)C1=C(NC(C)c2cc(C)cc3c(=O)c(C)c(-c4cccnc4)oc23)C=CC(Cl)=NO1. The summed E-state index contributed by atoms with van der Waals surface area (Å²) in [5.74, 6) is -0.0458. The van der Waals surface area contributed by atoms with E-state index in [9.17, 15) is 9.59 Å². The van der Waals surface area contributed by atoms with Crippen LogP contribution in [0.25, 0.3) is 22.3 Å². The average molecular weight is 511 g/mol. The Balaban J connectivity index is 1.84. The Hall–Kier alpha value is -3.56. The van der Waals surface area contributed by atoms with Crippen LogP contribution in [-0.2, 0) is 9.63 Å². The number of aryl methyl sites for hydroxylation is 1. The molecular formula is C25H23ClN4O4S. The molecule has 1 aromatic carbocycles. The van der Waals surface area contributed by atoms with E-state index in [-0.39, 0.29) is 22.4 Å². The predicted octanol–water partition coefficient (Wildman–Crippen LogP) is 4.87. The fourth-order valence-electron chi connectivity index (χ4n) is 3.79. The molecular weight excluding hydrogens is 488 g/mol. The molecule has 35 heavy (non-hydrogen) atoms. The first-order valence-electron chi connectivity index (χ1n) is 10.7. The highest BCUT2D eigenvalue weighted by Crippen LogP contribution is 2.31. The second-order valence-electron chi connectivity index (χ2n) is 7.94. The lowest BCUT2D eigenvalue weighted by molar-refractivity contribution is -0.119. The maximum absolute atomic E-state index is 13.3. The molecule has 0 spiro atoms. The standard InChI is InChI=1S/C25H23ClN4O4S/c1-13-10-17(15(3)28-19-7-8-20(26)29-34-24(19)25(32)30-35-4)23-18(11-13)21(31)14(2)22(33-23)16-6-5-9-27-12-16/h5-12,15,28H,1-4H3,(H,30,32). The highest BCUT2D eigenvalue weighted by atomic mass is 35.5. The van der Waals surface area contributed by atoms with E-state index in [1.165, 1.54) is 6.08 Å². The van der Waals surface area contributed by atoms with Crippen LogP contribution in [0.3, 0.4) is 0 Å². The van der Waals surface area contributed by atoms with Gasteiger partial charge < -0.3 is 14.6 Å². The van der Waals surface area contributed by atoms with Crippen molar-refractivity contribution in [1.29, 1.82) is 0 Å². The van der Waals surface area contributed by atoms with E-state index in [0.29, 0.717) is 33.6 Å². The van der Waals surface area contributed by atoms with Crippen LogP contribution < -0.4 is 15.5 Å². The first-order chi connectivity index (χ1) is 16.8. The van der Waals surface area contributed by atoms with Gasteiger partial charge in [-0.1, -0.05) is 34.8 Å². The molecule has 0 bridgehead atoms. The van der Waals surface area contributed by atoms with Crippen LogP contribution in [-0.4, -0.2) is 22.3 Å². The number of oxime groups is 1. The molecule has 0 saturated carbocycles. The molecule has 180 valence electrons. The number of pyridine rings is 1. The maximum Gasteiger partial charge on any atom is 0.301 e. The van der Waals surface area contributed by atoms with Crippen LogP contribution in [0.5, 0.6) is 0 Å². The number of aromatic nitrogens is 1. The van der Waals surface area contributed by atoms with Crippen LogP contribution in [0.15, 0.2) is 74.6 Å². The number of nitrogens with one attached hydrogen (secondary N) is 2. The number of amides is 1. The molecule has 3 heterocycles. The third-order valence-corrected chi connectivity index (χ3v) is 6.00. The highest BCUT2D eigenvalue weighted by Gasteiger charge is 2.23. The molecule has 3 aromatic rings. The Labute approximate surface area is 211 Å². The summed E-state index contributed by atoms with van der Waals surface area (Å²) >= 11 is 7.12. The topological polar surface area (TPSA) is 106 Å². The minimum absolute atomic E-state index is 0.0385.